The van der Waals surface area contributed by atoms with Crippen LogP contribution in [0.4, 0.5) is 5.69 Å². The highest BCUT2D eigenvalue weighted by Crippen LogP contribution is 2.52. The predicted molar refractivity (Wildman–Crippen MR) is 84.4 cm³/mol. The summed E-state index contributed by atoms with van der Waals surface area (Å²) in [7, 11) is 1.18. The van der Waals surface area contributed by atoms with Crippen molar-refractivity contribution in [1.29, 1.82) is 5.26 Å². The van der Waals surface area contributed by atoms with Crippen LogP contribution in [-0.4, -0.2) is 19.0 Å². The average molecular weight is 346 g/mol. The van der Waals surface area contributed by atoms with Crippen molar-refractivity contribution in [3.63, 3.8) is 0 Å². The second-order valence-corrected chi connectivity index (χ2v) is 5.71. The standard InChI is InChI=1S/C16H12ClN3O4/c1-7-12(14(21)23-2)16(10(6-18)13(19)24-7)9-5-8(17)3-4-11(9)20-15(16)22/h3-5H,19H2,1-2H3,(H,20,22)/t16-/m0/s1. The number of amides is 1. The number of nitrogens with zero attached hydrogens (tertiary/aromatic N) is 1. The van der Waals surface area contributed by atoms with Gasteiger partial charge in [0.25, 0.3) is 0 Å². The van der Waals surface area contributed by atoms with Gasteiger partial charge in [0, 0.05) is 16.3 Å². The molecule has 0 fully saturated rings. The summed E-state index contributed by atoms with van der Waals surface area (Å²) in [5.41, 5.74) is 4.57. The number of hydrogen-bond donors (Lipinski definition) is 2. The van der Waals surface area contributed by atoms with E-state index in [9.17, 15) is 14.9 Å². The molecule has 8 heteroatoms. The zero-order valence-electron chi connectivity index (χ0n) is 12.8. The first-order valence-electron chi connectivity index (χ1n) is 6.87. The van der Waals surface area contributed by atoms with E-state index in [0.717, 1.165) is 0 Å². The molecule has 1 aromatic rings. The topological polar surface area (TPSA) is 114 Å². The van der Waals surface area contributed by atoms with Crippen LogP contribution in [0.2, 0.25) is 5.02 Å². The first-order valence-corrected chi connectivity index (χ1v) is 7.25. The number of nitrogens with one attached hydrogen (secondary N) is 1. The summed E-state index contributed by atoms with van der Waals surface area (Å²) in [5, 5.41) is 12.6. The molecule has 0 aromatic heterocycles. The van der Waals surface area contributed by atoms with Crippen molar-refractivity contribution in [2.45, 2.75) is 12.3 Å². The van der Waals surface area contributed by atoms with Crippen molar-refractivity contribution < 1.29 is 19.1 Å². The number of nitriles is 1. The normalized spacial score (nSPS) is 22.0. The molecule has 2 heterocycles. The highest BCUT2D eigenvalue weighted by molar-refractivity contribution is 6.31. The molecule has 3 rings (SSSR count). The number of rotatable bonds is 1. The van der Waals surface area contributed by atoms with Crippen LogP contribution in [0, 0.1) is 11.3 Å². The van der Waals surface area contributed by atoms with Crippen molar-refractivity contribution in [3.05, 3.63) is 51.6 Å². The molecule has 0 radical (unpaired) electrons. The van der Waals surface area contributed by atoms with E-state index in [1.165, 1.54) is 20.1 Å². The number of carbonyl (C=O) groups is 2. The average Bonchev–Trinajstić information content (AvgIpc) is 2.80. The van der Waals surface area contributed by atoms with Crippen LogP contribution in [0.5, 0.6) is 0 Å². The third kappa shape index (κ3) is 1.83. The zero-order chi connectivity index (χ0) is 17.6. The number of carbonyl (C=O) groups excluding carboxylic acids is 2. The quantitative estimate of drug-likeness (QED) is 0.749. The van der Waals surface area contributed by atoms with Gasteiger partial charge in [0.05, 0.1) is 7.11 Å². The maximum Gasteiger partial charge on any atom is 0.339 e. The number of ether oxygens (including phenoxy) is 2. The van der Waals surface area contributed by atoms with Crippen molar-refractivity contribution in [2.75, 3.05) is 12.4 Å². The number of esters is 1. The number of halogens is 1. The number of hydrogen-bond acceptors (Lipinski definition) is 6. The fourth-order valence-electron chi connectivity index (χ4n) is 3.15. The summed E-state index contributed by atoms with van der Waals surface area (Å²) >= 11 is 6.07. The third-order valence-electron chi connectivity index (χ3n) is 4.09. The molecule has 0 saturated carbocycles. The predicted octanol–water partition coefficient (Wildman–Crippen LogP) is 1.70. The van der Waals surface area contributed by atoms with E-state index in [4.69, 9.17) is 26.8 Å². The Labute approximate surface area is 142 Å². The van der Waals surface area contributed by atoms with Crippen LogP contribution in [0.1, 0.15) is 12.5 Å². The van der Waals surface area contributed by atoms with Crippen LogP contribution < -0.4 is 11.1 Å². The molecule has 122 valence electrons. The van der Waals surface area contributed by atoms with Gasteiger partial charge < -0.3 is 20.5 Å². The summed E-state index contributed by atoms with van der Waals surface area (Å²) in [5.74, 6) is -1.55. The molecular formula is C16H12ClN3O4. The Hall–Kier alpha value is -2.98. The number of benzene rings is 1. The molecular weight excluding hydrogens is 334 g/mol. The van der Waals surface area contributed by atoms with Gasteiger partial charge in [0.15, 0.2) is 5.41 Å². The maximum atomic E-state index is 12.9. The number of anilines is 1. The van der Waals surface area contributed by atoms with Crippen LogP contribution in [0.15, 0.2) is 41.0 Å². The van der Waals surface area contributed by atoms with Crippen molar-refractivity contribution >= 4 is 29.2 Å². The lowest BCUT2D eigenvalue weighted by Gasteiger charge is -2.33. The molecule has 3 N–H and O–H groups in total. The summed E-state index contributed by atoms with van der Waals surface area (Å²) in [4.78, 5) is 25.3. The van der Waals surface area contributed by atoms with Gasteiger partial charge in [-0.2, -0.15) is 5.26 Å². The molecule has 1 aromatic carbocycles. The molecule has 2 aliphatic heterocycles. The molecule has 7 nitrogen and oxygen atoms in total. The number of allylic oxidation sites excluding steroid dienone is 1. The zero-order valence-corrected chi connectivity index (χ0v) is 13.5. The van der Waals surface area contributed by atoms with Crippen LogP contribution in [0.3, 0.4) is 0 Å². The second-order valence-electron chi connectivity index (χ2n) is 5.27. The molecule has 1 spiro atoms. The first kappa shape index (κ1) is 15.9. The van der Waals surface area contributed by atoms with Gasteiger partial charge in [-0.3, -0.25) is 4.79 Å². The Balaban J connectivity index is 2.46. The summed E-state index contributed by atoms with van der Waals surface area (Å²) in [6.07, 6.45) is 0. The molecule has 2 aliphatic rings. The molecule has 1 amide bonds. The molecule has 24 heavy (non-hydrogen) atoms. The third-order valence-corrected chi connectivity index (χ3v) is 4.32. The fraction of sp³-hybridized carbons (Fsp3) is 0.188. The Morgan fingerprint density at radius 2 is 2.21 bits per heavy atom. The monoisotopic (exact) mass is 345 g/mol. The largest absolute Gasteiger partial charge is 0.466 e. The molecule has 0 bridgehead atoms. The Morgan fingerprint density at radius 3 is 2.83 bits per heavy atom. The van der Waals surface area contributed by atoms with E-state index in [-0.39, 0.29) is 22.8 Å². The Kier molecular flexibility index (Phi) is 3.50. The lowest BCUT2D eigenvalue weighted by Crippen LogP contribution is -2.45. The molecule has 0 unspecified atom stereocenters. The van der Waals surface area contributed by atoms with E-state index < -0.39 is 17.3 Å². The van der Waals surface area contributed by atoms with E-state index in [1.807, 2.05) is 6.07 Å². The number of methoxy groups -OCH3 is 1. The lowest BCUT2D eigenvalue weighted by molar-refractivity contribution is -0.138. The molecule has 1 atom stereocenters. The molecule has 0 saturated heterocycles. The minimum absolute atomic E-state index is 0.0846. The smallest absolute Gasteiger partial charge is 0.339 e. The second kappa shape index (κ2) is 5.28. The maximum absolute atomic E-state index is 12.9. The van der Waals surface area contributed by atoms with Gasteiger partial charge in [0.2, 0.25) is 11.8 Å². The Morgan fingerprint density at radius 1 is 1.50 bits per heavy atom. The van der Waals surface area contributed by atoms with Crippen molar-refractivity contribution in [3.8, 4) is 6.07 Å². The molecule has 0 aliphatic carbocycles. The van der Waals surface area contributed by atoms with Gasteiger partial charge in [-0.05, 0) is 25.1 Å². The van der Waals surface area contributed by atoms with Crippen LogP contribution >= 0.6 is 11.6 Å². The fourth-order valence-corrected chi connectivity index (χ4v) is 3.32. The Bertz CT molecular complexity index is 897. The van der Waals surface area contributed by atoms with Crippen molar-refractivity contribution in [1.82, 2.24) is 0 Å². The lowest BCUT2D eigenvalue weighted by atomic mass is 9.68. The van der Waals surface area contributed by atoms with Gasteiger partial charge in [-0.1, -0.05) is 11.6 Å². The van der Waals surface area contributed by atoms with Crippen LogP contribution in [0.25, 0.3) is 0 Å². The van der Waals surface area contributed by atoms with E-state index in [1.54, 1.807) is 12.1 Å². The summed E-state index contributed by atoms with van der Waals surface area (Å²) < 4.78 is 10.1. The number of fused-ring (bicyclic) bond motifs is 2. The highest BCUT2D eigenvalue weighted by atomic mass is 35.5. The van der Waals surface area contributed by atoms with E-state index in [2.05, 4.69) is 5.32 Å². The van der Waals surface area contributed by atoms with E-state index in [0.29, 0.717) is 16.3 Å². The SMILES string of the molecule is COC(=O)C1=C(C)OC(N)=C(C#N)[C@]12C(=O)Nc1ccc(Cl)cc12. The highest BCUT2D eigenvalue weighted by Gasteiger charge is 2.59. The minimum Gasteiger partial charge on any atom is -0.466 e. The van der Waals surface area contributed by atoms with Gasteiger partial charge in [0.1, 0.15) is 23.0 Å². The van der Waals surface area contributed by atoms with Gasteiger partial charge >= 0.3 is 5.97 Å². The van der Waals surface area contributed by atoms with Gasteiger partial charge in [-0.15, -0.1) is 0 Å². The summed E-state index contributed by atoms with van der Waals surface area (Å²) in [6, 6.07) is 6.59. The van der Waals surface area contributed by atoms with Crippen LogP contribution in [-0.2, 0) is 24.5 Å². The minimum atomic E-state index is -1.76. The summed E-state index contributed by atoms with van der Waals surface area (Å²) in [6.45, 7) is 1.48. The first-order chi connectivity index (χ1) is 11.4. The van der Waals surface area contributed by atoms with Crippen molar-refractivity contribution in [2.24, 2.45) is 5.73 Å². The van der Waals surface area contributed by atoms with Gasteiger partial charge in [-0.25, -0.2) is 4.79 Å². The number of nitrogens with two attached hydrogens (primary N) is 1. The van der Waals surface area contributed by atoms with E-state index >= 15 is 0 Å².